The van der Waals surface area contributed by atoms with Crippen molar-refractivity contribution in [3.63, 3.8) is 0 Å². The number of nitrogens with zero attached hydrogens (tertiary/aromatic N) is 1. The van der Waals surface area contributed by atoms with E-state index < -0.39 is 0 Å². The third kappa shape index (κ3) is 2.57. The minimum absolute atomic E-state index is 0.0892. The first kappa shape index (κ1) is 16.4. The molecule has 126 valence electrons. The van der Waals surface area contributed by atoms with Gasteiger partial charge in [-0.2, -0.15) is 0 Å². The second-order valence-corrected chi connectivity index (χ2v) is 8.88. The highest BCUT2D eigenvalue weighted by molar-refractivity contribution is 6.05. The lowest BCUT2D eigenvalue weighted by Crippen LogP contribution is -2.43. The van der Waals surface area contributed by atoms with Crippen molar-refractivity contribution in [3.05, 3.63) is 22.5 Å². The van der Waals surface area contributed by atoms with Crippen LogP contribution in [0.5, 0.6) is 0 Å². The van der Waals surface area contributed by atoms with E-state index in [9.17, 15) is 14.8 Å². The van der Waals surface area contributed by atoms with Gasteiger partial charge in [0.2, 0.25) is 0 Å². The predicted molar refractivity (Wildman–Crippen MR) is 87.5 cm³/mol. The van der Waals surface area contributed by atoms with Crippen LogP contribution in [0.2, 0.25) is 0 Å². The molecule has 1 aliphatic heterocycles. The van der Waals surface area contributed by atoms with E-state index in [0.717, 1.165) is 17.8 Å². The van der Waals surface area contributed by atoms with Gasteiger partial charge in [0, 0.05) is 29.9 Å². The number of allylic oxidation sites excluding steroid dienone is 4. The molecule has 4 heteroatoms. The summed E-state index contributed by atoms with van der Waals surface area (Å²) < 4.78 is 0. The number of Topliss-reactive ketones (excluding diaryl/α,β-unsaturated/α-hetero) is 2. The molecule has 0 aromatic carbocycles. The fourth-order valence-electron chi connectivity index (χ4n) is 4.49. The Hall–Kier alpha value is -1.42. The molecule has 1 N–H and O–H groups in total. The van der Waals surface area contributed by atoms with Crippen LogP contribution in [-0.2, 0) is 9.59 Å². The standard InChI is InChI=1S/C19H27NO3/c1-6-11-16-12(7-18(2,3)9-14(16)21)20(23)13-8-19(4,5)10-15(22)17(11)13/h11,23H,6-10H2,1-5H3. The van der Waals surface area contributed by atoms with Gasteiger partial charge in [-0.1, -0.05) is 34.6 Å². The SMILES string of the molecule is CCC1C2=C(CC(C)(C)CC2=O)N(O)C2=C1C(=O)CC(C)(C)C2. The average molecular weight is 317 g/mol. The summed E-state index contributed by atoms with van der Waals surface area (Å²) in [5.74, 6) is 0.0354. The van der Waals surface area contributed by atoms with Crippen molar-refractivity contribution < 1.29 is 14.8 Å². The second-order valence-electron chi connectivity index (χ2n) is 8.88. The van der Waals surface area contributed by atoms with Crippen LogP contribution in [0.25, 0.3) is 0 Å². The van der Waals surface area contributed by atoms with Crippen molar-refractivity contribution in [2.45, 2.75) is 66.7 Å². The highest BCUT2D eigenvalue weighted by atomic mass is 16.5. The molecule has 0 amide bonds. The summed E-state index contributed by atoms with van der Waals surface area (Å²) in [4.78, 5) is 25.5. The van der Waals surface area contributed by atoms with Gasteiger partial charge in [0.1, 0.15) is 0 Å². The predicted octanol–water partition coefficient (Wildman–Crippen LogP) is 4.00. The van der Waals surface area contributed by atoms with Gasteiger partial charge >= 0.3 is 0 Å². The lowest BCUT2D eigenvalue weighted by atomic mass is 9.65. The molecular formula is C19H27NO3. The summed E-state index contributed by atoms with van der Waals surface area (Å²) in [5.41, 5.74) is 2.51. The molecule has 0 radical (unpaired) electrons. The number of rotatable bonds is 1. The molecule has 0 aromatic rings. The topological polar surface area (TPSA) is 57.6 Å². The number of hydrogen-bond acceptors (Lipinski definition) is 4. The monoisotopic (exact) mass is 317 g/mol. The molecule has 4 nitrogen and oxygen atoms in total. The Balaban J connectivity index is 2.15. The Morgan fingerprint density at radius 2 is 1.30 bits per heavy atom. The molecule has 1 heterocycles. The highest BCUT2D eigenvalue weighted by Crippen LogP contribution is 2.51. The number of ketones is 2. The maximum atomic E-state index is 12.7. The summed E-state index contributed by atoms with van der Waals surface area (Å²) in [6.45, 7) is 10.3. The average Bonchev–Trinajstić information content (AvgIpc) is 2.39. The Kier molecular flexibility index (Phi) is 3.60. The molecule has 0 bridgehead atoms. The molecule has 3 rings (SSSR count). The largest absolute Gasteiger partial charge is 0.294 e. The van der Waals surface area contributed by atoms with E-state index in [4.69, 9.17) is 0 Å². The van der Waals surface area contributed by atoms with Gasteiger partial charge in [-0.3, -0.25) is 14.8 Å². The third-order valence-corrected chi connectivity index (χ3v) is 5.41. The van der Waals surface area contributed by atoms with Gasteiger partial charge in [-0.15, -0.1) is 0 Å². The summed E-state index contributed by atoms with van der Waals surface area (Å²) in [6.07, 6.45) is 3.04. The molecular weight excluding hydrogens is 290 g/mol. The van der Waals surface area contributed by atoms with E-state index >= 15 is 0 Å². The Morgan fingerprint density at radius 3 is 1.65 bits per heavy atom. The van der Waals surface area contributed by atoms with Crippen molar-refractivity contribution >= 4 is 11.6 Å². The van der Waals surface area contributed by atoms with E-state index in [1.54, 1.807) is 0 Å². The van der Waals surface area contributed by atoms with Gasteiger partial charge in [0.15, 0.2) is 11.6 Å². The van der Waals surface area contributed by atoms with Gasteiger partial charge < -0.3 is 0 Å². The van der Waals surface area contributed by atoms with Crippen LogP contribution in [0.3, 0.4) is 0 Å². The normalized spacial score (nSPS) is 27.3. The van der Waals surface area contributed by atoms with Gasteiger partial charge in [0.05, 0.1) is 11.4 Å². The molecule has 0 unspecified atom stereocenters. The zero-order valence-corrected chi connectivity index (χ0v) is 14.8. The van der Waals surface area contributed by atoms with Gasteiger partial charge in [0.25, 0.3) is 0 Å². The van der Waals surface area contributed by atoms with Crippen molar-refractivity contribution in [3.8, 4) is 0 Å². The minimum atomic E-state index is -0.151. The van der Waals surface area contributed by atoms with Crippen LogP contribution in [-0.4, -0.2) is 21.8 Å². The van der Waals surface area contributed by atoms with E-state index in [0.29, 0.717) is 36.8 Å². The smallest absolute Gasteiger partial charge is 0.161 e. The fourth-order valence-corrected chi connectivity index (χ4v) is 4.49. The molecule has 0 saturated carbocycles. The minimum Gasteiger partial charge on any atom is -0.294 e. The van der Waals surface area contributed by atoms with Crippen LogP contribution in [0, 0.1) is 16.7 Å². The van der Waals surface area contributed by atoms with Crippen LogP contribution >= 0.6 is 0 Å². The van der Waals surface area contributed by atoms with Crippen LogP contribution in [0.4, 0.5) is 0 Å². The Labute approximate surface area is 138 Å². The first-order chi connectivity index (χ1) is 10.6. The summed E-state index contributed by atoms with van der Waals surface area (Å²) in [7, 11) is 0. The molecule has 3 aliphatic rings. The zero-order valence-electron chi connectivity index (χ0n) is 14.8. The second kappa shape index (κ2) is 5.04. The Morgan fingerprint density at radius 1 is 0.913 bits per heavy atom. The van der Waals surface area contributed by atoms with Crippen LogP contribution in [0.15, 0.2) is 22.5 Å². The van der Waals surface area contributed by atoms with E-state index in [1.807, 2.05) is 6.92 Å². The molecule has 0 saturated heterocycles. The summed E-state index contributed by atoms with van der Waals surface area (Å²) in [5, 5.41) is 12.0. The third-order valence-electron chi connectivity index (χ3n) is 5.41. The van der Waals surface area contributed by atoms with Crippen LogP contribution < -0.4 is 0 Å². The number of carbonyl (C=O) groups is 2. The molecule has 2 aliphatic carbocycles. The summed E-state index contributed by atoms with van der Waals surface area (Å²) >= 11 is 0. The Bertz CT molecular complexity index is 598. The molecule has 0 spiro atoms. The van der Waals surface area contributed by atoms with E-state index in [-0.39, 0.29) is 28.3 Å². The first-order valence-corrected chi connectivity index (χ1v) is 8.58. The maximum Gasteiger partial charge on any atom is 0.161 e. The van der Waals surface area contributed by atoms with Crippen molar-refractivity contribution in [2.75, 3.05) is 0 Å². The maximum absolute atomic E-state index is 12.7. The zero-order chi connectivity index (χ0) is 17.2. The van der Waals surface area contributed by atoms with Crippen LogP contribution in [0.1, 0.15) is 66.7 Å². The van der Waals surface area contributed by atoms with Crippen molar-refractivity contribution in [1.29, 1.82) is 0 Å². The van der Waals surface area contributed by atoms with E-state index in [1.165, 1.54) is 5.06 Å². The molecule has 23 heavy (non-hydrogen) atoms. The number of hydrogen-bond donors (Lipinski definition) is 1. The first-order valence-electron chi connectivity index (χ1n) is 8.58. The summed E-state index contributed by atoms with van der Waals surface area (Å²) in [6, 6.07) is 0. The fraction of sp³-hybridized carbons (Fsp3) is 0.684. The molecule has 0 atom stereocenters. The highest BCUT2D eigenvalue weighted by Gasteiger charge is 2.47. The molecule has 0 aromatic heterocycles. The van der Waals surface area contributed by atoms with Crippen molar-refractivity contribution in [2.24, 2.45) is 16.7 Å². The lowest BCUT2D eigenvalue weighted by molar-refractivity contribution is -0.123. The number of carbonyl (C=O) groups excluding carboxylic acids is 2. The van der Waals surface area contributed by atoms with E-state index in [2.05, 4.69) is 27.7 Å². The van der Waals surface area contributed by atoms with Gasteiger partial charge in [-0.05, 0) is 30.1 Å². The lowest BCUT2D eigenvalue weighted by Gasteiger charge is -2.46. The number of hydroxylamine groups is 2. The quantitative estimate of drug-likeness (QED) is 0.794. The molecule has 0 fully saturated rings. The van der Waals surface area contributed by atoms with Gasteiger partial charge in [-0.25, -0.2) is 5.06 Å². The van der Waals surface area contributed by atoms with Crippen molar-refractivity contribution in [1.82, 2.24) is 5.06 Å².